The molecule has 0 radical (unpaired) electrons. The third-order valence-corrected chi connectivity index (χ3v) is 7.20. The smallest absolute Gasteiger partial charge is 0.240 e. The highest BCUT2D eigenvalue weighted by molar-refractivity contribution is 7.99. The highest BCUT2D eigenvalue weighted by Gasteiger charge is 2.25. The summed E-state index contributed by atoms with van der Waals surface area (Å²) in [6.07, 6.45) is 6.37. The molecule has 0 spiro atoms. The van der Waals surface area contributed by atoms with Gasteiger partial charge in [0.05, 0.1) is 10.6 Å². The number of nitrogens with zero attached hydrogens (tertiary/aromatic N) is 1. The average molecular weight is 369 g/mol. The summed E-state index contributed by atoms with van der Waals surface area (Å²) in [5, 5.41) is 0. The molecule has 1 heterocycles. The zero-order valence-corrected chi connectivity index (χ0v) is 15.6. The first-order valence-corrected chi connectivity index (χ1v) is 11.0. The van der Waals surface area contributed by atoms with Crippen LogP contribution in [0.3, 0.4) is 0 Å². The molecule has 1 saturated carbocycles. The van der Waals surface area contributed by atoms with Crippen molar-refractivity contribution in [2.24, 2.45) is 0 Å². The van der Waals surface area contributed by atoms with E-state index >= 15 is 0 Å². The van der Waals surface area contributed by atoms with Crippen LogP contribution in [0.25, 0.3) is 0 Å². The minimum absolute atomic E-state index is 0.0104. The largest absolute Gasteiger partial charge is 0.311 e. The summed E-state index contributed by atoms with van der Waals surface area (Å²) in [6.45, 7) is 2.21. The number of carbonyl (C=O) groups is 1. The minimum atomic E-state index is -3.51. The van der Waals surface area contributed by atoms with Gasteiger partial charge in [0.1, 0.15) is 0 Å². The maximum atomic E-state index is 12.7. The molecular weight excluding hydrogens is 344 g/mol. The van der Waals surface area contributed by atoms with E-state index in [0.717, 1.165) is 42.0 Å². The molecule has 0 atom stereocenters. The molecule has 5 nitrogen and oxygen atoms in total. The number of nitrogens with one attached hydrogen (secondary N) is 1. The molecule has 1 N–H and O–H groups in total. The van der Waals surface area contributed by atoms with Crippen LogP contribution in [0.15, 0.2) is 28.0 Å². The molecule has 1 aliphatic carbocycles. The molecular formula is C17H24N2O3S2. The van der Waals surface area contributed by atoms with Crippen LogP contribution in [-0.4, -0.2) is 32.7 Å². The Kier molecular flexibility index (Phi) is 5.52. The molecule has 1 amide bonds. The molecule has 1 fully saturated rings. The Hall–Kier alpha value is -1.05. The molecule has 24 heavy (non-hydrogen) atoms. The molecule has 3 rings (SSSR count). The average Bonchev–Trinajstić information content (AvgIpc) is 2.81. The van der Waals surface area contributed by atoms with Crippen molar-refractivity contribution < 1.29 is 13.2 Å². The van der Waals surface area contributed by atoms with Crippen molar-refractivity contribution >= 4 is 33.4 Å². The monoisotopic (exact) mass is 368 g/mol. The van der Waals surface area contributed by atoms with E-state index in [-0.39, 0.29) is 11.9 Å². The topological polar surface area (TPSA) is 66.5 Å². The normalized spacial score (nSPS) is 19.6. The summed E-state index contributed by atoms with van der Waals surface area (Å²) in [7, 11) is -3.51. The number of benzene rings is 1. The van der Waals surface area contributed by atoms with Crippen molar-refractivity contribution in [1.29, 1.82) is 0 Å². The number of hydrogen-bond acceptors (Lipinski definition) is 4. The second-order valence-corrected chi connectivity index (χ2v) is 9.31. The maximum absolute atomic E-state index is 12.7. The predicted molar refractivity (Wildman–Crippen MR) is 97.0 cm³/mol. The number of amides is 1. The van der Waals surface area contributed by atoms with Crippen LogP contribution in [0.4, 0.5) is 5.69 Å². The van der Waals surface area contributed by atoms with E-state index in [2.05, 4.69) is 4.72 Å². The van der Waals surface area contributed by atoms with E-state index < -0.39 is 10.0 Å². The fourth-order valence-corrected chi connectivity index (χ4v) is 5.81. The Balaban J connectivity index is 1.82. The first kappa shape index (κ1) is 17.8. The van der Waals surface area contributed by atoms with Crippen molar-refractivity contribution in [2.75, 3.05) is 17.2 Å². The van der Waals surface area contributed by atoms with E-state index in [9.17, 15) is 13.2 Å². The van der Waals surface area contributed by atoms with Gasteiger partial charge < -0.3 is 4.90 Å². The van der Waals surface area contributed by atoms with Crippen LogP contribution >= 0.6 is 11.8 Å². The Morgan fingerprint density at radius 1 is 1.21 bits per heavy atom. The SMILES string of the molecule is CC(=O)N1CCSc2cc(S(=O)(=O)NC3CCCCCC3)ccc21. The van der Waals surface area contributed by atoms with Gasteiger partial charge in [-0.05, 0) is 31.0 Å². The fraction of sp³-hybridized carbons (Fsp3) is 0.588. The van der Waals surface area contributed by atoms with Crippen LogP contribution in [-0.2, 0) is 14.8 Å². The van der Waals surface area contributed by atoms with Crippen molar-refractivity contribution in [2.45, 2.75) is 61.3 Å². The van der Waals surface area contributed by atoms with Crippen molar-refractivity contribution in [3.05, 3.63) is 18.2 Å². The third-order valence-electron chi connectivity index (χ3n) is 4.66. The molecule has 0 bridgehead atoms. The lowest BCUT2D eigenvalue weighted by Crippen LogP contribution is -2.35. The lowest BCUT2D eigenvalue weighted by molar-refractivity contribution is -0.116. The van der Waals surface area contributed by atoms with E-state index in [1.54, 1.807) is 34.9 Å². The highest BCUT2D eigenvalue weighted by Crippen LogP contribution is 2.36. The summed E-state index contributed by atoms with van der Waals surface area (Å²) in [5.74, 6) is 0.773. The van der Waals surface area contributed by atoms with Crippen LogP contribution in [0.1, 0.15) is 45.4 Å². The summed E-state index contributed by atoms with van der Waals surface area (Å²) >= 11 is 1.60. The Morgan fingerprint density at radius 3 is 2.58 bits per heavy atom. The number of rotatable bonds is 3. The van der Waals surface area contributed by atoms with Crippen molar-refractivity contribution in [3.8, 4) is 0 Å². The molecule has 2 aliphatic rings. The quantitative estimate of drug-likeness (QED) is 0.833. The fourth-order valence-electron chi connectivity index (χ4n) is 3.38. The minimum Gasteiger partial charge on any atom is -0.311 e. The van der Waals surface area contributed by atoms with Gasteiger partial charge in [-0.2, -0.15) is 0 Å². The Labute approximate surface area is 148 Å². The van der Waals surface area contributed by atoms with Crippen molar-refractivity contribution in [3.63, 3.8) is 0 Å². The van der Waals surface area contributed by atoms with E-state index in [0.29, 0.717) is 11.4 Å². The predicted octanol–water partition coefficient (Wildman–Crippen LogP) is 3.15. The number of thioether (sulfide) groups is 1. The van der Waals surface area contributed by atoms with Gasteiger partial charge in [0, 0.05) is 30.2 Å². The number of sulfonamides is 1. The van der Waals surface area contributed by atoms with Crippen LogP contribution in [0, 0.1) is 0 Å². The standard InChI is InChI=1S/C17H24N2O3S2/c1-13(20)19-10-11-23-17-12-15(8-9-16(17)19)24(21,22)18-14-6-4-2-3-5-7-14/h8-9,12,14,18H,2-7,10-11H2,1H3. The van der Waals surface area contributed by atoms with E-state index in [4.69, 9.17) is 0 Å². The van der Waals surface area contributed by atoms with E-state index in [1.165, 1.54) is 19.8 Å². The lowest BCUT2D eigenvalue weighted by atomic mass is 10.1. The van der Waals surface area contributed by atoms with E-state index in [1.807, 2.05) is 0 Å². The number of fused-ring (bicyclic) bond motifs is 1. The number of carbonyl (C=O) groups excluding carboxylic acids is 1. The molecule has 1 aliphatic heterocycles. The zero-order chi connectivity index (χ0) is 17.2. The Bertz CT molecular complexity index is 711. The van der Waals surface area contributed by atoms with Gasteiger partial charge in [-0.1, -0.05) is 25.7 Å². The van der Waals surface area contributed by atoms with Crippen LogP contribution in [0.5, 0.6) is 0 Å². The Morgan fingerprint density at radius 2 is 1.92 bits per heavy atom. The van der Waals surface area contributed by atoms with Crippen LogP contribution < -0.4 is 9.62 Å². The second kappa shape index (κ2) is 7.45. The lowest BCUT2D eigenvalue weighted by Gasteiger charge is -2.28. The second-order valence-electron chi connectivity index (χ2n) is 6.46. The summed E-state index contributed by atoms with van der Waals surface area (Å²) in [4.78, 5) is 14.6. The van der Waals surface area contributed by atoms with Gasteiger partial charge >= 0.3 is 0 Å². The van der Waals surface area contributed by atoms with Gasteiger partial charge in [0.25, 0.3) is 0 Å². The van der Waals surface area contributed by atoms with Crippen LogP contribution in [0.2, 0.25) is 0 Å². The molecule has 7 heteroatoms. The summed E-state index contributed by atoms with van der Waals surface area (Å²) < 4.78 is 28.3. The molecule has 0 saturated heterocycles. The van der Waals surface area contributed by atoms with Gasteiger partial charge in [0.15, 0.2) is 0 Å². The number of anilines is 1. The molecule has 1 aromatic rings. The van der Waals surface area contributed by atoms with Gasteiger partial charge in [0.2, 0.25) is 15.9 Å². The van der Waals surface area contributed by atoms with Gasteiger partial charge in [-0.3, -0.25) is 4.79 Å². The molecule has 132 valence electrons. The summed E-state index contributed by atoms with van der Waals surface area (Å²) in [6, 6.07) is 5.10. The number of hydrogen-bond donors (Lipinski definition) is 1. The first-order chi connectivity index (χ1) is 11.5. The highest BCUT2D eigenvalue weighted by atomic mass is 32.2. The summed E-state index contributed by atoms with van der Waals surface area (Å²) in [5.41, 5.74) is 0.812. The third kappa shape index (κ3) is 3.95. The van der Waals surface area contributed by atoms with Crippen molar-refractivity contribution in [1.82, 2.24) is 4.72 Å². The molecule has 0 aromatic heterocycles. The molecule has 0 unspecified atom stereocenters. The molecule has 1 aromatic carbocycles. The van der Waals surface area contributed by atoms with Gasteiger partial charge in [-0.15, -0.1) is 11.8 Å². The first-order valence-electron chi connectivity index (χ1n) is 8.55. The zero-order valence-electron chi connectivity index (χ0n) is 14.0. The van der Waals surface area contributed by atoms with Gasteiger partial charge in [-0.25, -0.2) is 13.1 Å². The maximum Gasteiger partial charge on any atom is 0.240 e.